The van der Waals surface area contributed by atoms with Gasteiger partial charge in [-0.15, -0.1) is 23.1 Å². The molecule has 9 heteroatoms. The van der Waals surface area contributed by atoms with E-state index in [4.69, 9.17) is 0 Å². The number of carboxylic acid groups (broad SMARTS) is 1. The van der Waals surface area contributed by atoms with Gasteiger partial charge in [0.05, 0.1) is 18.1 Å². The van der Waals surface area contributed by atoms with E-state index in [1.165, 1.54) is 28.0 Å². The van der Waals surface area contributed by atoms with Gasteiger partial charge in [0, 0.05) is 28.3 Å². The maximum atomic E-state index is 12.6. The zero-order valence-electron chi connectivity index (χ0n) is 14.7. The van der Waals surface area contributed by atoms with Crippen molar-refractivity contribution in [3.63, 3.8) is 0 Å². The second kappa shape index (κ2) is 7.76. The lowest BCUT2D eigenvalue weighted by atomic mass is 10.0. The number of fused-ring (bicyclic) bond motifs is 1. The molecule has 4 rings (SSSR count). The number of hydrogen-bond donors (Lipinski definition) is 1. The van der Waals surface area contributed by atoms with E-state index in [2.05, 4.69) is 5.32 Å². The van der Waals surface area contributed by atoms with Gasteiger partial charge in [-0.05, 0) is 11.4 Å². The van der Waals surface area contributed by atoms with Gasteiger partial charge < -0.3 is 15.2 Å². The second-order valence-corrected chi connectivity index (χ2v) is 8.64. The maximum absolute atomic E-state index is 12.6. The second-order valence-electron chi connectivity index (χ2n) is 6.50. The van der Waals surface area contributed by atoms with E-state index in [9.17, 15) is 19.5 Å². The summed E-state index contributed by atoms with van der Waals surface area (Å²) in [5, 5.41) is 16.0. The molecule has 1 N–H and O–H groups in total. The molecule has 2 aliphatic rings. The molecule has 0 aromatic carbocycles. The summed E-state index contributed by atoms with van der Waals surface area (Å²) in [5.74, 6) is -1.57. The summed E-state index contributed by atoms with van der Waals surface area (Å²) in [7, 11) is 0. The van der Waals surface area contributed by atoms with Crippen molar-refractivity contribution in [1.29, 1.82) is 0 Å². The molecule has 4 heterocycles. The molecule has 0 aliphatic carbocycles. The number of thioether (sulfide) groups is 1. The van der Waals surface area contributed by atoms with Crippen molar-refractivity contribution < 1.29 is 24.1 Å². The molecule has 0 radical (unpaired) electrons. The number of rotatable bonds is 6. The third-order valence-electron chi connectivity index (χ3n) is 4.62. The van der Waals surface area contributed by atoms with Gasteiger partial charge in [0.2, 0.25) is 5.91 Å². The topological polar surface area (TPSA) is 93.4 Å². The lowest BCUT2D eigenvalue weighted by Crippen LogP contribution is -2.71. The summed E-state index contributed by atoms with van der Waals surface area (Å²) >= 11 is 2.93. The Labute approximate surface area is 169 Å². The molecule has 2 amide bonds. The van der Waals surface area contributed by atoms with Gasteiger partial charge in [-0.1, -0.05) is 12.1 Å². The normalized spacial score (nSPS) is 21.1. The van der Waals surface area contributed by atoms with E-state index >= 15 is 0 Å². The highest BCUT2D eigenvalue weighted by molar-refractivity contribution is 8.00. The Morgan fingerprint density at radius 3 is 2.71 bits per heavy atom. The predicted molar refractivity (Wildman–Crippen MR) is 102 cm³/mol. The summed E-state index contributed by atoms with van der Waals surface area (Å²) in [6, 6.07) is 8.59. The standard InChI is InChI=1S/C19H17N3O4S2/c23-14(9-13-5-4-8-27-13)20-15-17(24)22-16(19(25)26)12(11-28-18(15)22)10-21-6-2-1-3-7-21/h1-8,15,18H,9-11H2,(H-,20,23,25,26)/t15?,18-/m1/s1. The number of carbonyl (C=O) groups excluding carboxylic acids is 3. The molecule has 1 saturated heterocycles. The lowest BCUT2D eigenvalue weighted by molar-refractivity contribution is -0.689. The predicted octanol–water partition coefficient (Wildman–Crippen LogP) is -0.318. The molecule has 7 nitrogen and oxygen atoms in total. The van der Waals surface area contributed by atoms with Gasteiger partial charge >= 0.3 is 0 Å². The Kier molecular flexibility index (Phi) is 5.19. The van der Waals surface area contributed by atoms with Crippen LogP contribution < -0.4 is 15.0 Å². The first-order chi connectivity index (χ1) is 13.5. The number of aromatic nitrogens is 1. The summed E-state index contributed by atoms with van der Waals surface area (Å²) in [6.45, 7) is 0.364. The number of hydrogen-bond acceptors (Lipinski definition) is 6. The summed E-state index contributed by atoms with van der Waals surface area (Å²) in [4.78, 5) is 38.8. The number of amides is 2. The zero-order valence-corrected chi connectivity index (χ0v) is 16.4. The van der Waals surface area contributed by atoms with E-state index < -0.39 is 23.3 Å². The van der Waals surface area contributed by atoms with E-state index in [1.807, 2.05) is 52.7 Å². The van der Waals surface area contributed by atoms with Gasteiger partial charge in [0.15, 0.2) is 18.9 Å². The fourth-order valence-corrected chi connectivity index (χ4v) is 5.39. The number of aliphatic carboxylic acids is 1. The number of β-lactam (4-membered cyclic amide) rings is 1. The number of carbonyl (C=O) groups is 3. The fraction of sp³-hybridized carbons (Fsp3) is 0.263. The van der Waals surface area contributed by atoms with Crippen LogP contribution in [0.2, 0.25) is 0 Å². The van der Waals surface area contributed by atoms with Crippen molar-refractivity contribution in [3.05, 3.63) is 64.3 Å². The molecule has 2 aromatic rings. The Balaban J connectivity index is 1.49. The molecule has 2 atom stereocenters. The Morgan fingerprint density at radius 1 is 1.25 bits per heavy atom. The number of pyridine rings is 1. The number of carboxylic acids is 1. The Morgan fingerprint density at radius 2 is 2.04 bits per heavy atom. The maximum Gasteiger partial charge on any atom is 0.253 e. The first-order valence-electron chi connectivity index (χ1n) is 8.68. The monoisotopic (exact) mass is 415 g/mol. The van der Waals surface area contributed by atoms with Crippen LogP contribution >= 0.6 is 23.1 Å². The molecule has 144 valence electrons. The van der Waals surface area contributed by atoms with Crippen LogP contribution in [0.25, 0.3) is 0 Å². The van der Waals surface area contributed by atoms with Crippen molar-refractivity contribution in [3.8, 4) is 0 Å². The van der Waals surface area contributed by atoms with E-state index in [0.29, 0.717) is 17.9 Å². The molecule has 0 bridgehead atoms. The highest BCUT2D eigenvalue weighted by Gasteiger charge is 2.53. The van der Waals surface area contributed by atoms with Crippen LogP contribution in [0.3, 0.4) is 0 Å². The minimum absolute atomic E-state index is 0.0751. The molecule has 1 fully saturated rings. The van der Waals surface area contributed by atoms with E-state index in [-0.39, 0.29) is 18.0 Å². The molecule has 2 aliphatic heterocycles. The van der Waals surface area contributed by atoms with Crippen LogP contribution in [0.4, 0.5) is 0 Å². The van der Waals surface area contributed by atoms with Crippen LogP contribution in [-0.2, 0) is 27.3 Å². The van der Waals surface area contributed by atoms with Gasteiger partial charge in [0.1, 0.15) is 11.4 Å². The van der Waals surface area contributed by atoms with Crippen molar-refractivity contribution in [2.45, 2.75) is 24.4 Å². The van der Waals surface area contributed by atoms with Crippen molar-refractivity contribution >= 4 is 40.9 Å². The smallest absolute Gasteiger partial charge is 0.253 e. The molecule has 2 aromatic heterocycles. The first kappa shape index (κ1) is 18.7. The average Bonchev–Trinajstić information content (AvgIpc) is 3.19. The van der Waals surface area contributed by atoms with Crippen molar-refractivity contribution in [2.75, 3.05) is 5.75 Å². The SMILES string of the molecule is O=C(Cc1cccs1)NC1C(=O)N2C(C(=O)[O-])=C(C[n+]3ccccc3)CS[C@H]12. The van der Waals surface area contributed by atoms with Crippen LogP contribution in [0.1, 0.15) is 4.88 Å². The fourth-order valence-electron chi connectivity index (χ4n) is 3.35. The van der Waals surface area contributed by atoms with E-state index in [1.54, 1.807) is 0 Å². The lowest BCUT2D eigenvalue weighted by Gasteiger charge is -2.50. The highest BCUT2D eigenvalue weighted by Crippen LogP contribution is 2.40. The van der Waals surface area contributed by atoms with Gasteiger partial charge in [-0.3, -0.25) is 14.5 Å². The van der Waals surface area contributed by atoms with Crippen molar-refractivity contribution in [2.24, 2.45) is 0 Å². The van der Waals surface area contributed by atoms with Gasteiger partial charge in [0.25, 0.3) is 5.91 Å². The third-order valence-corrected chi connectivity index (χ3v) is 6.84. The first-order valence-corrected chi connectivity index (χ1v) is 10.6. The number of nitrogens with zero attached hydrogens (tertiary/aromatic N) is 2. The Hall–Kier alpha value is -2.65. The molecular formula is C19H17N3O4S2. The quantitative estimate of drug-likeness (QED) is 0.516. The minimum atomic E-state index is -1.37. The van der Waals surface area contributed by atoms with Crippen LogP contribution in [0.5, 0.6) is 0 Å². The largest absolute Gasteiger partial charge is 0.543 e. The third kappa shape index (κ3) is 3.55. The van der Waals surface area contributed by atoms with Gasteiger partial charge in [-0.25, -0.2) is 4.57 Å². The summed E-state index contributed by atoms with van der Waals surface area (Å²) < 4.78 is 1.85. The van der Waals surface area contributed by atoms with Crippen molar-refractivity contribution in [1.82, 2.24) is 10.2 Å². The zero-order chi connectivity index (χ0) is 19.7. The summed E-state index contributed by atoms with van der Waals surface area (Å²) in [6.07, 6.45) is 3.88. The van der Waals surface area contributed by atoms with Crippen LogP contribution in [-0.4, -0.2) is 39.9 Å². The average molecular weight is 415 g/mol. The number of nitrogens with one attached hydrogen (secondary N) is 1. The minimum Gasteiger partial charge on any atom is -0.543 e. The molecule has 28 heavy (non-hydrogen) atoms. The van der Waals surface area contributed by atoms with Gasteiger partial charge in [-0.2, -0.15) is 0 Å². The molecule has 1 unspecified atom stereocenters. The van der Waals surface area contributed by atoms with Crippen LogP contribution in [0, 0.1) is 0 Å². The van der Waals surface area contributed by atoms with Crippen LogP contribution in [0.15, 0.2) is 59.4 Å². The Bertz CT molecular complexity index is 943. The molecular weight excluding hydrogens is 398 g/mol. The van der Waals surface area contributed by atoms with E-state index in [0.717, 1.165) is 4.88 Å². The molecule has 0 spiro atoms. The highest BCUT2D eigenvalue weighted by atomic mass is 32.2. The molecule has 0 saturated carbocycles. The summed E-state index contributed by atoms with van der Waals surface area (Å²) in [5.41, 5.74) is 0.544. The number of thiophene rings is 1.